The molecule has 2 heterocycles. The average molecular weight is 530 g/mol. The molecule has 4 nitrogen and oxygen atoms in total. The molecule has 2 atom stereocenters. The zero-order chi connectivity index (χ0) is 23.6. The number of hydrazone groups is 1. The minimum absolute atomic E-state index is 0.113. The lowest BCUT2D eigenvalue weighted by Crippen LogP contribution is -2.34. The number of halogens is 4. The summed E-state index contributed by atoms with van der Waals surface area (Å²) in [6.07, 6.45) is -0.179. The zero-order valence-corrected chi connectivity index (χ0v) is 20.5. The Morgan fingerprint density at radius 1 is 0.824 bits per heavy atom. The summed E-state index contributed by atoms with van der Waals surface area (Å²) in [5.41, 5.74) is 3.14. The Kier molecular flexibility index (Phi) is 5.30. The molecule has 2 aliphatic heterocycles. The van der Waals surface area contributed by atoms with Gasteiger partial charge in [0.05, 0.1) is 27.4 Å². The van der Waals surface area contributed by atoms with Crippen LogP contribution in [0.5, 0.6) is 11.5 Å². The molecule has 0 spiro atoms. The van der Waals surface area contributed by atoms with E-state index in [4.69, 9.17) is 56.2 Å². The Hall–Kier alpha value is -2.63. The molecular weight excluding hydrogens is 514 g/mol. The maximum absolute atomic E-state index is 10.8. The fourth-order valence-corrected chi connectivity index (χ4v) is 5.70. The third kappa shape index (κ3) is 3.57. The fourth-order valence-electron chi connectivity index (χ4n) is 4.64. The van der Waals surface area contributed by atoms with Gasteiger partial charge in [0.25, 0.3) is 0 Å². The van der Waals surface area contributed by atoms with Crippen molar-refractivity contribution in [3.63, 3.8) is 0 Å². The molecule has 0 amide bonds. The van der Waals surface area contributed by atoms with E-state index in [1.165, 1.54) is 6.07 Å². The van der Waals surface area contributed by atoms with Crippen LogP contribution in [0.3, 0.4) is 0 Å². The first-order valence-corrected chi connectivity index (χ1v) is 12.1. The highest BCUT2D eigenvalue weighted by Gasteiger charge is 2.43. The van der Waals surface area contributed by atoms with E-state index in [1.807, 2.05) is 23.2 Å². The quantitative estimate of drug-likeness (QED) is 0.283. The zero-order valence-electron chi connectivity index (χ0n) is 17.5. The third-order valence-corrected chi connectivity index (χ3v) is 7.22. The van der Waals surface area contributed by atoms with Crippen LogP contribution in [0, 0.1) is 0 Å². The number of nitrogens with zero attached hydrogens (tertiary/aromatic N) is 2. The molecule has 8 heteroatoms. The maximum Gasteiger partial charge on any atom is 0.217 e. The van der Waals surface area contributed by atoms with Gasteiger partial charge in [0.2, 0.25) is 6.23 Å². The van der Waals surface area contributed by atoms with E-state index in [0.29, 0.717) is 32.8 Å². The van der Waals surface area contributed by atoms with Gasteiger partial charge in [-0.25, -0.2) is 5.01 Å². The van der Waals surface area contributed by atoms with Crippen molar-refractivity contribution in [1.29, 1.82) is 0 Å². The predicted octanol–water partition coefficient (Wildman–Crippen LogP) is 8.40. The van der Waals surface area contributed by atoms with Crippen LogP contribution in [0.1, 0.15) is 35.4 Å². The van der Waals surface area contributed by atoms with E-state index in [2.05, 4.69) is 30.3 Å². The Bertz CT molecular complexity index is 1500. The Balaban J connectivity index is 1.51. The normalized spacial score (nSPS) is 18.9. The number of ether oxygens (including phenoxy) is 1. The Labute approximate surface area is 215 Å². The highest BCUT2D eigenvalue weighted by atomic mass is 35.5. The summed E-state index contributed by atoms with van der Waals surface area (Å²) in [5, 5.41) is 21.2. The molecule has 0 aliphatic carbocycles. The van der Waals surface area contributed by atoms with E-state index in [1.54, 1.807) is 12.1 Å². The molecular formula is C26H16Cl4N2O2. The van der Waals surface area contributed by atoms with Gasteiger partial charge < -0.3 is 9.84 Å². The minimum atomic E-state index is -0.787. The number of phenolic OH excluding ortho intramolecular Hbond substituents is 1. The van der Waals surface area contributed by atoms with Crippen LogP contribution in [0.15, 0.2) is 71.8 Å². The summed E-state index contributed by atoms with van der Waals surface area (Å²) >= 11 is 25.4. The summed E-state index contributed by atoms with van der Waals surface area (Å²) in [7, 11) is 0. The van der Waals surface area contributed by atoms with E-state index in [-0.39, 0.29) is 16.8 Å². The molecule has 34 heavy (non-hydrogen) atoms. The summed E-state index contributed by atoms with van der Waals surface area (Å²) in [6, 6.07) is 20.9. The van der Waals surface area contributed by atoms with Crippen LogP contribution in [0.25, 0.3) is 10.8 Å². The van der Waals surface area contributed by atoms with Gasteiger partial charge in [-0.1, -0.05) is 82.8 Å². The van der Waals surface area contributed by atoms with Gasteiger partial charge >= 0.3 is 0 Å². The largest absolute Gasteiger partial charge is 0.506 e. The van der Waals surface area contributed by atoms with Crippen molar-refractivity contribution in [1.82, 2.24) is 5.01 Å². The van der Waals surface area contributed by atoms with Crippen molar-refractivity contribution in [2.45, 2.75) is 18.7 Å². The number of fused-ring (bicyclic) bond motifs is 4. The third-order valence-electron chi connectivity index (χ3n) is 6.21. The highest BCUT2D eigenvalue weighted by molar-refractivity contribution is 6.36. The second kappa shape index (κ2) is 8.24. The first kappa shape index (κ1) is 21.9. The molecule has 0 bridgehead atoms. The van der Waals surface area contributed by atoms with E-state index < -0.39 is 6.23 Å². The second-order valence-electron chi connectivity index (χ2n) is 8.31. The van der Waals surface area contributed by atoms with Crippen LogP contribution in [0.2, 0.25) is 20.1 Å². The van der Waals surface area contributed by atoms with Crippen molar-refractivity contribution in [2.75, 3.05) is 0 Å². The molecule has 0 aromatic heterocycles. The van der Waals surface area contributed by atoms with Gasteiger partial charge in [-0.15, -0.1) is 0 Å². The topological polar surface area (TPSA) is 45.1 Å². The Morgan fingerprint density at radius 2 is 1.53 bits per heavy atom. The van der Waals surface area contributed by atoms with Crippen molar-refractivity contribution in [2.24, 2.45) is 5.10 Å². The number of benzene rings is 4. The molecule has 4 aromatic carbocycles. The van der Waals surface area contributed by atoms with E-state index in [0.717, 1.165) is 27.6 Å². The molecule has 170 valence electrons. The Morgan fingerprint density at radius 3 is 2.32 bits per heavy atom. The van der Waals surface area contributed by atoms with Gasteiger partial charge in [-0.05, 0) is 46.7 Å². The lowest BCUT2D eigenvalue weighted by molar-refractivity contribution is -0.0202. The minimum Gasteiger partial charge on any atom is -0.506 e. The summed E-state index contributed by atoms with van der Waals surface area (Å²) < 4.78 is 6.31. The van der Waals surface area contributed by atoms with Crippen molar-refractivity contribution >= 4 is 62.9 Å². The number of hydrogen-bond donors (Lipinski definition) is 1. The maximum atomic E-state index is 10.8. The number of aromatic hydroxyl groups is 1. The molecule has 0 radical (unpaired) electrons. The van der Waals surface area contributed by atoms with Crippen molar-refractivity contribution < 1.29 is 9.84 Å². The van der Waals surface area contributed by atoms with Gasteiger partial charge in [0, 0.05) is 22.0 Å². The van der Waals surface area contributed by atoms with Crippen LogP contribution >= 0.6 is 46.4 Å². The molecule has 4 aromatic rings. The SMILES string of the molecule is Oc1c(Cl)cc(Cl)cc1[C@@H]1Oc2c(Cl)cc(Cl)cc2[C@@H]2CC(c3ccc4ccccc4c3)=NN21. The average Bonchev–Trinajstić information content (AvgIpc) is 3.27. The van der Waals surface area contributed by atoms with Crippen LogP contribution in [-0.4, -0.2) is 15.8 Å². The predicted molar refractivity (Wildman–Crippen MR) is 138 cm³/mol. The first-order chi connectivity index (χ1) is 16.4. The smallest absolute Gasteiger partial charge is 0.217 e. The first-order valence-electron chi connectivity index (χ1n) is 10.6. The molecule has 1 N–H and O–H groups in total. The molecule has 6 rings (SSSR count). The van der Waals surface area contributed by atoms with Gasteiger partial charge in [-0.3, -0.25) is 0 Å². The molecule has 0 fully saturated rings. The van der Waals surface area contributed by atoms with Crippen molar-refractivity contribution in [3.05, 3.63) is 104 Å². The molecule has 0 unspecified atom stereocenters. The van der Waals surface area contributed by atoms with Crippen LogP contribution in [-0.2, 0) is 0 Å². The molecule has 0 saturated heterocycles. The second-order valence-corrected chi connectivity index (χ2v) is 10.00. The number of phenols is 1. The summed E-state index contributed by atoms with van der Waals surface area (Å²) in [4.78, 5) is 0. The van der Waals surface area contributed by atoms with Crippen LogP contribution in [0.4, 0.5) is 0 Å². The lowest BCUT2D eigenvalue weighted by Gasteiger charge is -2.38. The summed E-state index contributed by atoms with van der Waals surface area (Å²) in [5.74, 6) is 0.389. The van der Waals surface area contributed by atoms with Gasteiger partial charge in [-0.2, -0.15) is 5.10 Å². The molecule has 0 saturated carbocycles. The van der Waals surface area contributed by atoms with Gasteiger partial charge in [0.15, 0.2) is 0 Å². The number of hydrogen-bond acceptors (Lipinski definition) is 4. The van der Waals surface area contributed by atoms with Crippen molar-refractivity contribution in [3.8, 4) is 11.5 Å². The van der Waals surface area contributed by atoms with E-state index in [9.17, 15) is 5.11 Å². The van der Waals surface area contributed by atoms with Crippen LogP contribution < -0.4 is 4.74 Å². The standard InChI is InChI=1S/C26H16Cl4N2O2/c27-16-8-18-23-12-22(15-6-5-13-3-1-2-4-14(13)7-15)31-32(23)26(34-25(18)21(30)11-16)19-9-17(28)10-20(29)24(19)33/h1-11,23,26,33H,12H2/t23-,26-/m0/s1. The lowest BCUT2D eigenvalue weighted by atomic mass is 9.95. The number of rotatable bonds is 2. The van der Waals surface area contributed by atoms with E-state index >= 15 is 0 Å². The molecule has 2 aliphatic rings. The van der Waals surface area contributed by atoms with Gasteiger partial charge in [0.1, 0.15) is 11.5 Å². The summed E-state index contributed by atoms with van der Waals surface area (Å²) in [6.45, 7) is 0. The monoisotopic (exact) mass is 528 g/mol. The highest BCUT2D eigenvalue weighted by Crippen LogP contribution is 2.52. The fraction of sp³-hybridized carbons (Fsp3) is 0.115.